The molecule has 19 heavy (non-hydrogen) atoms. The first kappa shape index (κ1) is 13.0. The van der Waals surface area contributed by atoms with Crippen molar-refractivity contribution in [1.82, 2.24) is 9.55 Å². The van der Waals surface area contributed by atoms with Gasteiger partial charge < -0.3 is 15.4 Å². The van der Waals surface area contributed by atoms with Crippen LogP contribution in [-0.4, -0.2) is 20.6 Å². The van der Waals surface area contributed by atoms with Crippen molar-refractivity contribution in [2.45, 2.75) is 6.54 Å². The van der Waals surface area contributed by atoms with Gasteiger partial charge in [-0.2, -0.15) is 0 Å². The number of aromatic hydroxyl groups is 1. The monoisotopic (exact) mass is 277 g/mol. The summed E-state index contributed by atoms with van der Waals surface area (Å²) in [6.45, 7) is -0.181. The number of hydrogen-bond donors (Lipinski definition) is 3. The van der Waals surface area contributed by atoms with Gasteiger partial charge in [0.15, 0.2) is 4.77 Å². The Labute approximate surface area is 113 Å². The number of nitrogens with one attached hydrogen (secondary N) is 1. The first-order valence-corrected chi connectivity index (χ1v) is 5.80. The lowest BCUT2D eigenvalue weighted by Gasteiger charge is -2.12. The third kappa shape index (κ3) is 2.71. The second kappa shape index (κ2) is 5.07. The quantitative estimate of drug-likeness (QED) is 0.721. The van der Waals surface area contributed by atoms with Crippen LogP contribution < -0.4 is 11.3 Å². The number of nitrogens with two attached hydrogens (primary N) is 1. The molecule has 0 atom stereocenters. The van der Waals surface area contributed by atoms with Gasteiger partial charge in [0, 0.05) is 11.6 Å². The molecule has 1 amide bonds. The second-order valence-electron chi connectivity index (χ2n) is 3.89. The number of benzene rings is 1. The summed E-state index contributed by atoms with van der Waals surface area (Å²) in [4.78, 5) is 25.0. The van der Waals surface area contributed by atoms with Crippen molar-refractivity contribution in [2.24, 2.45) is 5.73 Å². The normalized spacial score (nSPS) is 10.3. The third-order valence-electron chi connectivity index (χ3n) is 2.53. The number of phenolic OH excluding ortho intramolecular Hbond substituents is 1. The fraction of sp³-hybridized carbons (Fsp3) is 0.0833. The van der Waals surface area contributed by atoms with Gasteiger partial charge in [0.05, 0.1) is 5.69 Å². The molecular formula is C12H11N3O3S. The first-order valence-electron chi connectivity index (χ1n) is 5.40. The van der Waals surface area contributed by atoms with Crippen molar-refractivity contribution in [1.29, 1.82) is 0 Å². The second-order valence-corrected chi connectivity index (χ2v) is 4.28. The van der Waals surface area contributed by atoms with Gasteiger partial charge in [-0.1, -0.05) is 12.1 Å². The molecule has 7 heteroatoms. The van der Waals surface area contributed by atoms with E-state index in [2.05, 4.69) is 4.98 Å². The lowest BCUT2D eigenvalue weighted by molar-refractivity contribution is -0.118. The predicted molar refractivity (Wildman–Crippen MR) is 72.2 cm³/mol. The summed E-state index contributed by atoms with van der Waals surface area (Å²) in [5, 5.41) is 9.83. The lowest BCUT2D eigenvalue weighted by Crippen LogP contribution is -2.23. The predicted octanol–water partition coefficient (Wildman–Crippen LogP) is 0.764. The van der Waals surface area contributed by atoms with E-state index in [4.69, 9.17) is 18.0 Å². The minimum Gasteiger partial charge on any atom is -0.507 e. The SMILES string of the molecule is NC(=O)Cn1c(-c2ccccc2O)cc(=O)[nH]c1=S. The summed E-state index contributed by atoms with van der Waals surface area (Å²) in [5.74, 6) is -0.611. The number of carbonyl (C=O) groups excluding carboxylic acids is 1. The Kier molecular flexibility index (Phi) is 3.48. The largest absolute Gasteiger partial charge is 0.507 e. The fourth-order valence-electron chi connectivity index (χ4n) is 1.75. The van der Waals surface area contributed by atoms with E-state index >= 15 is 0 Å². The van der Waals surface area contributed by atoms with Crippen molar-refractivity contribution < 1.29 is 9.90 Å². The Morgan fingerprint density at radius 2 is 2.11 bits per heavy atom. The average molecular weight is 277 g/mol. The Balaban J connectivity index is 2.75. The minimum atomic E-state index is -0.597. The Morgan fingerprint density at radius 1 is 1.42 bits per heavy atom. The average Bonchev–Trinajstić information content (AvgIpc) is 2.33. The number of primary amides is 1. The van der Waals surface area contributed by atoms with Gasteiger partial charge in [-0.15, -0.1) is 0 Å². The van der Waals surface area contributed by atoms with Gasteiger partial charge in [0.2, 0.25) is 5.91 Å². The number of aromatic amines is 1. The number of para-hydroxylation sites is 1. The van der Waals surface area contributed by atoms with E-state index in [0.717, 1.165) is 0 Å². The van der Waals surface area contributed by atoms with Gasteiger partial charge in [0.25, 0.3) is 5.56 Å². The van der Waals surface area contributed by atoms with Crippen LogP contribution in [0.4, 0.5) is 0 Å². The van der Waals surface area contributed by atoms with Crippen LogP contribution in [0.2, 0.25) is 0 Å². The topological polar surface area (TPSA) is 101 Å². The van der Waals surface area contributed by atoms with Crippen LogP contribution >= 0.6 is 12.2 Å². The summed E-state index contributed by atoms with van der Waals surface area (Å²) in [6.07, 6.45) is 0. The molecule has 0 saturated heterocycles. The van der Waals surface area contributed by atoms with Crippen LogP contribution in [0.5, 0.6) is 5.75 Å². The van der Waals surface area contributed by atoms with E-state index < -0.39 is 11.5 Å². The number of rotatable bonds is 3. The molecule has 0 aliphatic rings. The van der Waals surface area contributed by atoms with Crippen LogP contribution in [0.3, 0.4) is 0 Å². The van der Waals surface area contributed by atoms with Crippen LogP contribution in [0.15, 0.2) is 35.1 Å². The van der Waals surface area contributed by atoms with E-state index in [9.17, 15) is 14.7 Å². The van der Waals surface area contributed by atoms with Crippen molar-refractivity contribution in [3.63, 3.8) is 0 Å². The zero-order chi connectivity index (χ0) is 14.0. The zero-order valence-electron chi connectivity index (χ0n) is 9.79. The number of hydrogen-bond acceptors (Lipinski definition) is 4. The van der Waals surface area contributed by atoms with Crippen LogP contribution in [0.1, 0.15) is 0 Å². The Hall–Kier alpha value is -2.41. The molecule has 2 rings (SSSR count). The van der Waals surface area contributed by atoms with Gasteiger partial charge in [-0.3, -0.25) is 14.6 Å². The van der Waals surface area contributed by atoms with Gasteiger partial charge >= 0.3 is 0 Å². The summed E-state index contributed by atoms with van der Waals surface area (Å²) in [6, 6.07) is 7.71. The fourth-order valence-corrected chi connectivity index (χ4v) is 2.01. The molecule has 98 valence electrons. The highest BCUT2D eigenvalue weighted by Crippen LogP contribution is 2.27. The molecule has 0 aliphatic carbocycles. The number of amides is 1. The smallest absolute Gasteiger partial charge is 0.252 e. The highest BCUT2D eigenvalue weighted by atomic mass is 32.1. The molecule has 0 radical (unpaired) electrons. The van der Waals surface area contributed by atoms with Crippen LogP contribution in [0, 0.1) is 4.77 Å². The van der Waals surface area contributed by atoms with E-state index in [0.29, 0.717) is 11.3 Å². The molecule has 4 N–H and O–H groups in total. The molecule has 2 aromatic rings. The highest BCUT2D eigenvalue weighted by Gasteiger charge is 2.11. The van der Waals surface area contributed by atoms with Gasteiger partial charge in [0.1, 0.15) is 12.3 Å². The molecule has 6 nitrogen and oxygen atoms in total. The summed E-state index contributed by atoms with van der Waals surface area (Å²) < 4.78 is 1.44. The summed E-state index contributed by atoms with van der Waals surface area (Å²) in [7, 11) is 0. The zero-order valence-corrected chi connectivity index (χ0v) is 10.6. The number of phenols is 1. The first-order chi connectivity index (χ1) is 8.99. The molecule has 0 saturated carbocycles. The highest BCUT2D eigenvalue weighted by molar-refractivity contribution is 7.71. The van der Waals surface area contributed by atoms with E-state index in [1.54, 1.807) is 18.2 Å². The van der Waals surface area contributed by atoms with E-state index in [-0.39, 0.29) is 17.1 Å². The standard InChI is InChI=1S/C12H11N3O3S/c13-10(17)6-15-8(5-11(18)14-12(15)19)7-3-1-2-4-9(7)16/h1-5,16H,6H2,(H2,13,17)(H,14,18,19). The molecule has 0 bridgehead atoms. The van der Waals surface area contributed by atoms with Crippen LogP contribution in [0.25, 0.3) is 11.3 Å². The molecule has 1 heterocycles. The molecule has 0 unspecified atom stereocenters. The summed E-state index contributed by atoms with van der Waals surface area (Å²) >= 11 is 5.01. The molecule has 0 spiro atoms. The van der Waals surface area contributed by atoms with Crippen molar-refractivity contribution >= 4 is 18.1 Å². The van der Waals surface area contributed by atoms with Gasteiger partial charge in [-0.05, 0) is 24.4 Å². The molecule has 0 aliphatic heterocycles. The van der Waals surface area contributed by atoms with Crippen molar-refractivity contribution in [3.05, 3.63) is 45.5 Å². The number of nitrogens with zero attached hydrogens (tertiary/aromatic N) is 1. The lowest BCUT2D eigenvalue weighted by atomic mass is 10.1. The van der Waals surface area contributed by atoms with E-state index in [1.807, 2.05) is 0 Å². The van der Waals surface area contributed by atoms with Gasteiger partial charge in [-0.25, -0.2) is 0 Å². The number of aromatic nitrogens is 2. The number of carbonyl (C=O) groups is 1. The third-order valence-corrected chi connectivity index (χ3v) is 2.85. The minimum absolute atomic E-state index is 0.0132. The maximum atomic E-state index is 11.5. The molecule has 1 aromatic carbocycles. The summed E-state index contributed by atoms with van der Waals surface area (Å²) in [5.41, 5.74) is 5.49. The Morgan fingerprint density at radius 3 is 2.74 bits per heavy atom. The van der Waals surface area contributed by atoms with Crippen molar-refractivity contribution in [3.8, 4) is 17.0 Å². The Bertz CT molecular complexity index is 748. The van der Waals surface area contributed by atoms with Crippen LogP contribution in [-0.2, 0) is 11.3 Å². The number of H-pyrrole nitrogens is 1. The molecule has 1 aromatic heterocycles. The molecular weight excluding hydrogens is 266 g/mol. The maximum absolute atomic E-state index is 11.5. The van der Waals surface area contributed by atoms with Crippen molar-refractivity contribution in [2.75, 3.05) is 0 Å². The molecule has 0 fully saturated rings. The maximum Gasteiger partial charge on any atom is 0.252 e. The van der Waals surface area contributed by atoms with E-state index in [1.165, 1.54) is 16.7 Å².